The smallest absolute Gasteiger partial charge is 0.251 e. The normalized spacial score (nSPS) is 9.80. The predicted octanol–water partition coefficient (Wildman–Crippen LogP) is 1.02. The summed E-state index contributed by atoms with van der Waals surface area (Å²) in [6.07, 6.45) is 0. The lowest BCUT2D eigenvalue weighted by atomic mass is 10.1. The van der Waals surface area contributed by atoms with E-state index in [1.165, 1.54) is 0 Å². The Morgan fingerprint density at radius 1 is 1.33 bits per heavy atom. The average Bonchev–Trinajstić information content (AvgIpc) is 2.11. The molecular formula is C9H8F2N2O2. The van der Waals surface area contributed by atoms with E-state index in [9.17, 15) is 18.4 Å². The van der Waals surface area contributed by atoms with Gasteiger partial charge in [0.25, 0.3) is 5.91 Å². The zero-order valence-corrected chi connectivity index (χ0v) is 7.80. The first-order chi connectivity index (χ1) is 6.93. The Labute approximate surface area is 84.1 Å². The van der Waals surface area contributed by atoms with Crippen LogP contribution in [-0.4, -0.2) is 11.8 Å². The van der Waals surface area contributed by atoms with Gasteiger partial charge in [0.1, 0.15) is 11.5 Å². The number of rotatable bonds is 2. The first kappa shape index (κ1) is 11.1. The summed E-state index contributed by atoms with van der Waals surface area (Å²) in [5, 5.41) is 1.94. The van der Waals surface area contributed by atoms with Gasteiger partial charge in [-0.25, -0.2) is 8.78 Å². The minimum Gasteiger partial charge on any atom is -0.366 e. The maximum Gasteiger partial charge on any atom is 0.251 e. The zero-order chi connectivity index (χ0) is 11.6. The fourth-order valence-electron chi connectivity index (χ4n) is 1.03. The Morgan fingerprint density at radius 2 is 1.93 bits per heavy atom. The Balaban J connectivity index is 3.29. The van der Waals surface area contributed by atoms with Gasteiger partial charge in [0.2, 0.25) is 5.91 Å². The van der Waals surface area contributed by atoms with Gasteiger partial charge in [-0.3, -0.25) is 9.59 Å². The van der Waals surface area contributed by atoms with E-state index in [1.807, 2.05) is 5.32 Å². The van der Waals surface area contributed by atoms with Gasteiger partial charge in [-0.2, -0.15) is 0 Å². The Kier molecular flexibility index (Phi) is 2.99. The Morgan fingerprint density at radius 3 is 2.40 bits per heavy atom. The minimum atomic E-state index is -1.17. The summed E-state index contributed by atoms with van der Waals surface area (Å²) in [5.41, 5.74) is 3.71. The number of carbonyl (C=O) groups excluding carboxylic acids is 2. The second-order valence-corrected chi connectivity index (χ2v) is 2.83. The Bertz CT molecular complexity index is 432. The number of halogens is 2. The molecule has 1 rings (SSSR count). The second kappa shape index (κ2) is 4.04. The molecule has 0 saturated heterocycles. The zero-order valence-electron chi connectivity index (χ0n) is 7.80. The van der Waals surface area contributed by atoms with E-state index in [-0.39, 0.29) is 0 Å². The van der Waals surface area contributed by atoms with Gasteiger partial charge in [-0.1, -0.05) is 0 Å². The summed E-state index contributed by atoms with van der Waals surface area (Å²) in [6.45, 7) is 1.09. The summed E-state index contributed by atoms with van der Waals surface area (Å²) in [6, 6.07) is 1.77. The molecule has 0 aliphatic heterocycles. The van der Waals surface area contributed by atoms with Gasteiger partial charge in [0.05, 0.1) is 5.56 Å². The van der Waals surface area contributed by atoms with E-state index < -0.39 is 34.7 Å². The van der Waals surface area contributed by atoms with Gasteiger partial charge in [-0.15, -0.1) is 0 Å². The molecule has 80 valence electrons. The van der Waals surface area contributed by atoms with Crippen molar-refractivity contribution in [2.45, 2.75) is 6.92 Å². The summed E-state index contributed by atoms with van der Waals surface area (Å²) >= 11 is 0. The first-order valence-electron chi connectivity index (χ1n) is 3.99. The number of benzene rings is 1. The molecule has 6 heteroatoms. The molecule has 0 radical (unpaired) electrons. The largest absolute Gasteiger partial charge is 0.366 e. The molecule has 2 amide bonds. The molecule has 0 fully saturated rings. The third-order valence-electron chi connectivity index (χ3n) is 1.66. The van der Waals surface area contributed by atoms with E-state index in [4.69, 9.17) is 5.73 Å². The summed E-state index contributed by atoms with van der Waals surface area (Å²) in [4.78, 5) is 21.4. The highest BCUT2D eigenvalue weighted by molar-refractivity contribution is 5.96. The van der Waals surface area contributed by atoms with Crippen molar-refractivity contribution in [3.63, 3.8) is 0 Å². The predicted molar refractivity (Wildman–Crippen MR) is 49.2 cm³/mol. The third-order valence-corrected chi connectivity index (χ3v) is 1.66. The van der Waals surface area contributed by atoms with Crippen LogP contribution in [0.3, 0.4) is 0 Å². The van der Waals surface area contributed by atoms with Crippen molar-refractivity contribution in [1.29, 1.82) is 0 Å². The van der Waals surface area contributed by atoms with Gasteiger partial charge in [0.15, 0.2) is 5.82 Å². The van der Waals surface area contributed by atoms with Gasteiger partial charge in [0, 0.05) is 6.92 Å². The highest BCUT2D eigenvalue weighted by Gasteiger charge is 2.17. The first-order valence-corrected chi connectivity index (χ1v) is 3.99. The third kappa shape index (κ3) is 2.28. The minimum absolute atomic E-state index is 0.472. The monoisotopic (exact) mass is 214 g/mol. The maximum absolute atomic E-state index is 13.4. The molecule has 4 nitrogen and oxygen atoms in total. The van der Waals surface area contributed by atoms with Crippen LogP contribution in [0.25, 0.3) is 0 Å². The molecule has 1 aromatic rings. The van der Waals surface area contributed by atoms with Crippen molar-refractivity contribution >= 4 is 17.5 Å². The number of hydrogen-bond acceptors (Lipinski definition) is 2. The molecule has 0 saturated carbocycles. The lowest BCUT2D eigenvalue weighted by Gasteiger charge is -2.07. The molecule has 3 N–H and O–H groups in total. The summed E-state index contributed by atoms with van der Waals surface area (Å²) in [7, 11) is 0. The van der Waals surface area contributed by atoms with E-state index >= 15 is 0 Å². The molecule has 0 bridgehead atoms. The van der Waals surface area contributed by atoms with Crippen LogP contribution in [0.2, 0.25) is 0 Å². The maximum atomic E-state index is 13.4. The summed E-state index contributed by atoms with van der Waals surface area (Å²) in [5.74, 6) is -3.81. The highest BCUT2D eigenvalue weighted by atomic mass is 19.1. The van der Waals surface area contributed by atoms with Crippen LogP contribution in [0.5, 0.6) is 0 Å². The van der Waals surface area contributed by atoms with Crippen molar-refractivity contribution < 1.29 is 18.4 Å². The topological polar surface area (TPSA) is 72.2 Å². The number of nitrogens with one attached hydrogen (secondary N) is 1. The van der Waals surface area contributed by atoms with Crippen LogP contribution in [0.4, 0.5) is 14.5 Å². The SMILES string of the molecule is CC(=O)Nc1c(F)ccc(C(N)=O)c1F. The molecular weight excluding hydrogens is 206 g/mol. The molecule has 0 spiro atoms. The van der Waals surface area contributed by atoms with Gasteiger partial charge < -0.3 is 11.1 Å². The van der Waals surface area contributed by atoms with Gasteiger partial charge >= 0.3 is 0 Å². The number of primary amides is 1. The second-order valence-electron chi connectivity index (χ2n) is 2.83. The van der Waals surface area contributed by atoms with Crippen LogP contribution >= 0.6 is 0 Å². The van der Waals surface area contributed by atoms with Crippen LogP contribution in [0.1, 0.15) is 17.3 Å². The molecule has 0 atom stereocenters. The molecule has 0 aliphatic rings. The lowest BCUT2D eigenvalue weighted by molar-refractivity contribution is -0.114. The van der Waals surface area contributed by atoms with Crippen molar-refractivity contribution in [3.8, 4) is 0 Å². The standard InChI is InChI=1S/C9H8F2N2O2/c1-4(14)13-8-6(10)3-2-5(7(8)11)9(12)15/h2-3H,1H3,(H2,12,15)(H,13,14). The van der Waals surface area contributed by atoms with E-state index in [0.29, 0.717) is 0 Å². The van der Waals surface area contributed by atoms with Gasteiger partial charge in [-0.05, 0) is 12.1 Å². The average molecular weight is 214 g/mol. The van der Waals surface area contributed by atoms with Crippen LogP contribution < -0.4 is 11.1 Å². The lowest BCUT2D eigenvalue weighted by Crippen LogP contribution is -2.17. The van der Waals surface area contributed by atoms with Crippen LogP contribution in [0.15, 0.2) is 12.1 Å². The number of nitrogens with two attached hydrogens (primary N) is 1. The summed E-state index contributed by atoms with van der Waals surface area (Å²) < 4.78 is 26.4. The molecule has 0 aliphatic carbocycles. The molecule has 0 heterocycles. The molecule has 15 heavy (non-hydrogen) atoms. The van der Waals surface area contributed by atoms with E-state index in [0.717, 1.165) is 19.1 Å². The van der Waals surface area contributed by atoms with E-state index in [2.05, 4.69) is 0 Å². The van der Waals surface area contributed by atoms with Crippen molar-refractivity contribution in [3.05, 3.63) is 29.3 Å². The number of amides is 2. The van der Waals surface area contributed by atoms with Crippen LogP contribution in [-0.2, 0) is 4.79 Å². The molecule has 0 aromatic heterocycles. The number of hydrogen-bond donors (Lipinski definition) is 2. The fourth-order valence-corrected chi connectivity index (χ4v) is 1.03. The highest BCUT2D eigenvalue weighted by Crippen LogP contribution is 2.21. The number of anilines is 1. The number of carbonyl (C=O) groups is 2. The Hall–Kier alpha value is -1.98. The van der Waals surface area contributed by atoms with Crippen LogP contribution in [0, 0.1) is 11.6 Å². The quantitative estimate of drug-likeness (QED) is 0.771. The van der Waals surface area contributed by atoms with Crippen molar-refractivity contribution in [2.75, 3.05) is 5.32 Å². The van der Waals surface area contributed by atoms with E-state index in [1.54, 1.807) is 0 Å². The fraction of sp³-hybridized carbons (Fsp3) is 0.111. The van der Waals surface area contributed by atoms with Crippen molar-refractivity contribution in [1.82, 2.24) is 0 Å². The van der Waals surface area contributed by atoms with Crippen molar-refractivity contribution in [2.24, 2.45) is 5.73 Å². The molecule has 0 unspecified atom stereocenters. The molecule has 1 aromatic carbocycles.